The predicted octanol–water partition coefficient (Wildman–Crippen LogP) is 0.122. The number of hydrogen-bond donors (Lipinski definition) is 7. The fourth-order valence-electron chi connectivity index (χ4n) is 4.36. The van der Waals surface area contributed by atoms with E-state index in [4.69, 9.17) is 22.9 Å². The van der Waals surface area contributed by atoms with Crippen LogP contribution in [0.5, 0.6) is 0 Å². The molecule has 0 aliphatic carbocycles. The normalized spacial score (nSPS) is 13.6. The van der Waals surface area contributed by atoms with Crippen LogP contribution in [0.15, 0.2) is 59.6 Å². The van der Waals surface area contributed by atoms with Gasteiger partial charge in [-0.25, -0.2) is 4.39 Å². The maximum atomic E-state index is 13.9. The highest BCUT2D eigenvalue weighted by atomic mass is 19.1. The van der Waals surface area contributed by atoms with E-state index in [2.05, 4.69) is 20.9 Å². The first-order valence-electron chi connectivity index (χ1n) is 14.3. The van der Waals surface area contributed by atoms with E-state index in [-0.39, 0.29) is 38.2 Å². The summed E-state index contributed by atoms with van der Waals surface area (Å²) in [5, 5.41) is 7.98. The average molecular weight is 599 g/mol. The lowest BCUT2D eigenvalue weighted by Gasteiger charge is -2.25. The summed E-state index contributed by atoms with van der Waals surface area (Å²) in [5.41, 5.74) is 23.6. The summed E-state index contributed by atoms with van der Waals surface area (Å²) in [5.74, 6) is -3.19. The zero-order chi connectivity index (χ0) is 31.8. The molecule has 13 heteroatoms. The molecule has 12 nitrogen and oxygen atoms in total. The van der Waals surface area contributed by atoms with Gasteiger partial charge in [0.25, 0.3) is 0 Å². The van der Waals surface area contributed by atoms with E-state index in [1.807, 2.05) is 37.3 Å². The van der Waals surface area contributed by atoms with E-state index in [0.717, 1.165) is 12.0 Å². The molecular formula is C30H43FN8O4. The molecule has 2 rings (SSSR count). The summed E-state index contributed by atoms with van der Waals surface area (Å²) in [6, 6.07) is 10.7. The second-order valence-corrected chi connectivity index (χ2v) is 10.3. The Morgan fingerprint density at radius 3 is 2.00 bits per heavy atom. The van der Waals surface area contributed by atoms with E-state index in [0.29, 0.717) is 18.4 Å². The van der Waals surface area contributed by atoms with Crippen LogP contribution >= 0.6 is 0 Å². The van der Waals surface area contributed by atoms with Crippen molar-refractivity contribution in [2.24, 2.45) is 27.9 Å². The number of primary amides is 1. The first kappa shape index (κ1) is 34.7. The van der Waals surface area contributed by atoms with Crippen LogP contribution in [0.3, 0.4) is 0 Å². The minimum atomic E-state index is -1.17. The number of halogens is 1. The van der Waals surface area contributed by atoms with Crippen molar-refractivity contribution < 1.29 is 23.6 Å². The Labute approximate surface area is 251 Å². The maximum absolute atomic E-state index is 13.9. The molecule has 0 radical (unpaired) electrons. The van der Waals surface area contributed by atoms with E-state index in [1.54, 1.807) is 6.07 Å². The molecule has 0 unspecified atom stereocenters. The molecule has 0 saturated heterocycles. The first-order valence-corrected chi connectivity index (χ1v) is 14.3. The second kappa shape index (κ2) is 18.1. The second-order valence-electron chi connectivity index (χ2n) is 10.3. The van der Waals surface area contributed by atoms with Crippen molar-refractivity contribution in [2.45, 2.75) is 76.0 Å². The molecular weight excluding hydrogens is 555 g/mol. The van der Waals surface area contributed by atoms with Crippen molar-refractivity contribution in [2.75, 3.05) is 6.54 Å². The number of carbonyl (C=O) groups excluding carboxylic acids is 4. The summed E-state index contributed by atoms with van der Waals surface area (Å²) in [7, 11) is 0. The van der Waals surface area contributed by atoms with Crippen LogP contribution in [-0.2, 0) is 32.0 Å². The van der Waals surface area contributed by atoms with Gasteiger partial charge in [-0.3, -0.25) is 24.2 Å². The zero-order valence-electron chi connectivity index (χ0n) is 24.4. The molecule has 0 aromatic heterocycles. The molecule has 0 saturated carbocycles. The van der Waals surface area contributed by atoms with Gasteiger partial charge in [0.2, 0.25) is 23.6 Å². The van der Waals surface area contributed by atoms with Gasteiger partial charge >= 0.3 is 0 Å². The molecule has 234 valence electrons. The molecule has 0 spiro atoms. The molecule has 4 atom stereocenters. The molecule has 0 aliphatic rings. The number of nitrogens with one attached hydrogen (secondary N) is 3. The number of aliphatic imine (C=N–C) groups is 1. The van der Waals surface area contributed by atoms with Gasteiger partial charge in [-0.05, 0) is 48.9 Å². The fourth-order valence-corrected chi connectivity index (χ4v) is 4.36. The number of nitrogens with two attached hydrogens (primary N) is 4. The van der Waals surface area contributed by atoms with Crippen LogP contribution in [0.2, 0.25) is 0 Å². The molecule has 2 aromatic carbocycles. The highest BCUT2D eigenvalue weighted by Crippen LogP contribution is 2.10. The van der Waals surface area contributed by atoms with Crippen molar-refractivity contribution in [3.05, 3.63) is 71.5 Å². The number of amides is 4. The zero-order valence-corrected chi connectivity index (χ0v) is 24.4. The summed E-state index contributed by atoms with van der Waals surface area (Å²) in [6.07, 6.45) is 2.33. The number of carbonyl (C=O) groups is 4. The number of guanidine groups is 1. The van der Waals surface area contributed by atoms with Gasteiger partial charge in [-0.15, -0.1) is 0 Å². The fraction of sp³-hybridized carbons (Fsp3) is 0.433. The van der Waals surface area contributed by atoms with Gasteiger partial charge in [0.05, 0.1) is 6.04 Å². The van der Waals surface area contributed by atoms with E-state index in [1.165, 1.54) is 18.2 Å². The number of rotatable bonds is 18. The molecule has 11 N–H and O–H groups in total. The Bertz CT molecular complexity index is 1240. The maximum Gasteiger partial charge on any atom is 0.243 e. The van der Waals surface area contributed by atoms with Gasteiger partial charge in [0, 0.05) is 13.0 Å². The quantitative estimate of drug-likeness (QED) is 0.0713. The third-order valence-electron chi connectivity index (χ3n) is 6.68. The monoisotopic (exact) mass is 598 g/mol. The number of benzene rings is 2. The van der Waals surface area contributed by atoms with E-state index >= 15 is 0 Å². The van der Waals surface area contributed by atoms with Crippen molar-refractivity contribution in [3.63, 3.8) is 0 Å². The lowest BCUT2D eigenvalue weighted by molar-refractivity contribution is -0.133. The Morgan fingerprint density at radius 1 is 0.767 bits per heavy atom. The van der Waals surface area contributed by atoms with Crippen LogP contribution in [0.25, 0.3) is 0 Å². The third kappa shape index (κ3) is 12.9. The Kier molecular flexibility index (Phi) is 14.6. The number of unbranched alkanes of at least 4 members (excludes halogenated alkanes) is 1. The average Bonchev–Trinajstić information content (AvgIpc) is 2.96. The third-order valence-corrected chi connectivity index (χ3v) is 6.68. The SMILES string of the molecule is CCCC[C@@H](NC(=O)[C@@H](Cc1cccc(F)c1)NC(=O)[C@H](N)Cc1ccccc1)C(=O)N[C@H](CCCN=C(N)N)C(N)=O. The minimum absolute atomic E-state index is 0.0514. The lowest BCUT2D eigenvalue weighted by atomic mass is 10.0. The molecule has 0 bridgehead atoms. The van der Waals surface area contributed by atoms with Gasteiger partial charge in [-0.1, -0.05) is 62.2 Å². The minimum Gasteiger partial charge on any atom is -0.370 e. The van der Waals surface area contributed by atoms with E-state index < -0.39 is 53.6 Å². The molecule has 0 fully saturated rings. The van der Waals surface area contributed by atoms with Gasteiger partial charge in [0.1, 0.15) is 23.9 Å². The largest absolute Gasteiger partial charge is 0.370 e. The summed E-state index contributed by atoms with van der Waals surface area (Å²) < 4.78 is 13.9. The highest BCUT2D eigenvalue weighted by molar-refractivity contribution is 5.94. The van der Waals surface area contributed by atoms with E-state index in [9.17, 15) is 23.6 Å². The van der Waals surface area contributed by atoms with Crippen molar-refractivity contribution in [1.82, 2.24) is 16.0 Å². The van der Waals surface area contributed by atoms with Crippen LogP contribution in [0, 0.1) is 5.82 Å². The summed E-state index contributed by atoms with van der Waals surface area (Å²) >= 11 is 0. The van der Waals surface area contributed by atoms with Gasteiger partial charge in [-0.2, -0.15) is 0 Å². The molecule has 4 amide bonds. The van der Waals surface area contributed by atoms with Crippen molar-refractivity contribution >= 4 is 29.6 Å². The number of nitrogens with zero attached hydrogens (tertiary/aromatic N) is 1. The number of hydrogen-bond acceptors (Lipinski definition) is 6. The molecule has 43 heavy (non-hydrogen) atoms. The highest BCUT2D eigenvalue weighted by Gasteiger charge is 2.30. The van der Waals surface area contributed by atoms with Crippen LogP contribution < -0.4 is 38.9 Å². The van der Waals surface area contributed by atoms with Gasteiger partial charge in [0.15, 0.2) is 5.96 Å². The standard InChI is InChI=1S/C30H43FN8O4/c1-2-3-13-24(28(42)37-23(26(33)40)14-8-15-36-30(34)35)38-29(43)25(18-20-11-7-12-21(31)16-20)39-27(41)22(32)17-19-9-5-4-6-10-19/h4-7,9-12,16,22-25H,2-3,8,13-15,17-18,32H2,1H3,(H2,33,40)(H,37,42)(H,38,43)(H,39,41)(H4,34,35,36)/t22-,23-,24-,25-/m1/s1. The summed E-state index contributed by atoms with van der Waals surface area (Å²) in [4.78, 5) is 55.7. The Balaban J connectivity index is 2.19. The van der Waals surface area contributed by atoms with Crippen LogP contribution in [0.1, 0.15) is 50.2 Å². The Hall–Kier alpha value is -4.52. The smallest absolute Gasteiger partial charge is 0.243 e. The molecule has 0 aliphatic heterocycles. The molecule has 0 heterocycles. The Morgan fingerprint density at radius 2 is 1.37 bits per heavy atom. The topological polar surface area (TPSA) is 221 Å². The predicted molar refractivity (Wildman–Crippen MR) is 163 cm³/mol. The molecule has 2 aromatic rings. The lowest BCUT2D eigenvalue weighted by Crippen LogP contribution is -2.58. The summed E-state index contributed by atoms with van der Waals surface area (Å²) in [6.45, 7) is 2.17. The first-order chi connectivity index (χ1) is 20.5. The van der Waals surface area contributed by atoms with Gasteiger partial charge < -0.3 is 38.9 Å². The van der Waals surface area contributed by atoms with Crippen LogP contribution in [-0.4, -0.2) is 60.3 Å². The van der Waals surface area contributed by atoms with Crippen molar-refractivity contribution in [3.8, 4) is 0 Å². The van der Waals surface area contributed by atoms with Crippen LogP contribution in [0.4, 0.5) is 4.39 Å². The van der Waals surface area contributed by atoms with Crippen molar-refractivity contribution in [1.29, 1.82) is 0 Å².